The molecule has 144 valence electrons. The topological polar surface area (TPSA) is 41.6 Å². The van der Waals surface area contributed by atoms with Crippen LogP contribution in [-0.4, -0.2) is 30.5 Å². The number of piperidine rings is 1. The summed E-state index contributed by atoms with van der Waals surface area (Å²) in [6.45, 7) is 4.88. The lowest BCUT2D eigenvalue weighted by Crippen LogP contribution is -2.40. The third-order valence-corrected chi connectivity index (χ3v) is 5.32. The number of nitrogens with one attached hydrogen (secondary N) is 1. The normalized spacial score (nSPS) is 17.5. The maximum atomic E-state index is 12.8. The van der Waals surface area contributed by atoms with Gasteiger partial charge in [0.05, 0.1) is 18.2 Å². The fourth-order valence-corrected chi connectivity index (χ4v) is 3.86. The molecule has 0 spiro atoms. The highest BCUT2D eigenvalue weighted by atomic mass is 35.5. The van der Waals surface area contributed by atoms with E-state index in [0.29, 0.717) is 28.9 Å². The van der Waals surface area contributed by atoms with Crippen molar-refractivity contribution in [1.29, 1.82) is 0 Å². The van der Waals surface area contributed by atoms with Crippen molar-refractivity contribution in [2.24, 2.45) is 5.92 Å². The highest BCUT2D eigenvalue weighted by Gasteiger charge is 2.26. The summed E-state index contributed by atoms with van der Waals surface area (Å²) in [6, 6.07) is 13.1. The van der Waals surface area contributed by atoms with Crippen molar-refractivity contribution in [2.75, 3.05) is 25.0 Å². The number of anilines is 1. The summed E-state index contributed by atoms with van der Waals surface area (Å²) in [6.07, 6.45) is 1.86. The van der Waals surface area contributed by atoms with E-state index >= 15 is 0 Å². The van der Waals surface area contributed by atoms with Gasteiger partial charge in [-0.25, -0.2) is 0 Å². The third kappa shape index (κ3) is 5.38. The number of carbonyl (C=O) groups is 1. The maximum absolute atomic E-state index is 12.8. The Labute approximate surface area is 170 Å². The molecule has 27 heavy (non-hydrogen) atoms. The second-order valence-electron chi connectivity index (χ2n) is 6.73. The van der Waals surface area contributed by atoms with Crippen LogP contribution in [0.25, 0.3) is 0 Å². The lowest BCUT2D eigenvalue weighted by atomic mass is 9.96. The molecule has 0 bridgehead atoms. The largest absolute Gasteiger partial charge is 0.492 e. The van der Waals surface area contributed by atoms with Crippen molar-refractivity contribution in [3.8, 4) is 5.75 Å². The molecule has 3 rings (SSSR count). The van der Waals surface area contributed by atoms with Gasteiger partial charge in [0.15, 0.2) is 0 Å². The summed E-state index contributed by atoms with van der Waals surface area (Å²) in [7, 11) is 0. The molecule has 0 aliphatic carbocycles. The molecule has 0 aromatic heterocycles. The van der Waals surface area contributed by atoms with Gasteiger partial charge in [-0.05, 0) is 56.1 Å². The fourth-order valence-electron chi connectivity index (χ4n) is 3.39. The first kappa shape index (κ1) is 20.0. The number of nitrogens with zero attached hydrogens (tertiary/aromatic N) is 1. The second-order valence-corrected chi connectivity index (χ2v) is 7.57. The number of rotatable bonds is 6. The second kappa shape index (κ2) is 9.45. The van der Waals surface area contributed by atoms with E-state index in [1.54, 1.807) is 6.07 Å². The summed E-state index contributed by atoms with van der Waals surface area (Å²) >= 11 is 12.3. The van der Waals surface area contributed by atoms with Crippen LogP contribution in [0.5, 0.6) is 5.75 Å². The van der Waals surface area contributed by atoms with E-state index in [9.17, 15) is 4.79 Å². The zero-order valence-electron chi connectivity index (χ0n) is 15.4. The predicted octanol–water partition coefficient (Wildman–Crippen LogP) is 5.24. The molecule has 1 N–H and O–H groups in total. The summed E-state index contributed by atoms with van der Waals surface area (Å²) in [5, 5.41) is 4.33. The summed E-state index contributed by atoms with van der Waals surface area (Å²) in [5.41, 5.74) is 1.76. The smallest absolute Gasteiger partial charge is 0.228 e. The average molecular weight is 407 g/mol. The molecule has 1 heterocycles. The van der Waals surface area contributed by atoms with Crippen molar-refractivity contribution < 1.29 is 9.53 Å². The molecule has 2 aromatic rings. The van der Waals surface area contributed by atoms with Gasteiger partial charge in [0.2, 0.25) is 5.91 Å². The van der Waals surface area contributed by atoms with Crippen molar-refractivity contribution in [1.82, 2.24) is 4.90 Å². The Morgan fingerprint density at radius 1 is 1.26 bits per heavy atom. The molecule has 6 heteroatoms. The van der Waals surface area contributed by atoms with E-state index in [1.807, 2.05) is 43.3 Å². The Morgan fingerprint density at radius 3 is 2.85 bits per heavy atom. The van der Waals surface area contributed by atoms with Crippen LogP contribution in [0.15, 0.2) is 42.5 Å². The Morgan fingerprint density at radius 2 is 2.07 bits per heavy atom. The van der Waals surface area contributed by atoms with E-state index in [4.69, 9.17) is 27.9 Å². The van der Waals surface area contributed by atoms with Crippen molar-refractivity contribution in [3.05, 3.63) is 58.1 Å². The van der Waals surface area contributed by atoms with Crippen molar-refractivity contribution >= 4 is 34.8 Å². The van der Waals surface area contributed by atoms with Gasteiger partial charge >= 0.3 is 0 Å². The molecule has 1 aliphatic rings. The number of amides is 1. The van der Waals surface area contributed by atoms with E-state index in [2.05, 4.69) is 10.2 Å². The van der Waals surface area contributed by atoms with E-state index < -0.39 is 0 Å². The molecular formula is C21H24Cl2N2O2. The number of ether oxygens (including phenoxy) is 1. The first-order valence-electron chi connectivity index (χ1n) is 9.25. The van der Waals surface area contributed by atoms with Gasteiger partial charge < -0.3 is 10.1 Å². The first-order chi connectivity index (χ1) is 13.1. The quantitative estimate of drug-likeness (QED) is 0.712. The van der Waals surface area contributed by atoms with E-state index in [-0.39, 0.29) is 11.8 Å². The number of carbonyl (C=O) groups excluding carboxylic acids is 1. The lowest BCUT2D eigenvalue weighted by molar-refractivity contribution is -0.121. The van der Waals surface area contributed by atoms with Crippen LogP contribution in [0, 0.1) is 5.92 Å². The van der Waals surface area contributed by atoms with Gasteiger partial charge in [-0.2, -0.15) is 0 Å². The molecule has 0 radical (unpaired) electrons. The molecule has 1 atom stereocenters. The minimum absolute atomic E-state index is 0.0362. The highest BCUT2D eigenvalue weighted by Crippen LogP contribution is 2.27. The zero-order chi connectivity index (χ0) is 19.2. The number of hydrogen-bond donors (Lipinski definition) is 1. The molecule has 0 saturated carbocycles. The molecule has 1 aliphatic heterocycles. The zero-order valence-corrected chi connectivity index (χ0v) is 16.9. The number of likely N-dealkylation sites (tertiary alicyclic amines) is 1. The Hall–Kier alpha value is -1.75. The van der Waals surface area contributed by atoms with Gasteiger partial charge in [0, 0.05) is 23.1 Å². The minimum Gasteiger partial charge on any atom is -0.492 e. The molecule has 1 fully saturated rings. The highest BCUT2D eigenvalue weighted by molar-refractivity contribution is 6.35. The fraction of sp³-hybridized carbons (Fsp3) is 0.381. The van der Waals surface area contributed by atoms with Crippen LogP contribution in [0.2, 0.25) is 10.0 Å². The van der Waals surface area contributed by atoms with Gasteiger partial charge in [-0.15, -0.1) is 0 Å². The van der Waals surface area contributed by atoms with Gasteiger partial charge in [-0.3, -0.25) is 9.69 Å². The Kier molecular flexibility index (Phi) is 7.00. The molecular weight excluding hydrogens is 383 g/mol. The number of benzene rings is 2. The van der Waals surface area contributed by atoms with Crippen LogP contribution in [0.1, 0.15) is 25.3 Å². The molecule has 1 amide bonds. The van der Waals surface area contributed by atoms with Crippen molar-refractivity contribution in [2.45, 2.75) is 26.3 Å². The van der Waals surface area contributed by atoms with Crippen LogP contribution in [-0.2, 0) is 11.3 Å². The molecule has 0 unspecified atom stereocenters. The van der Waals surface area contributed by atoms with Crippen LogP contribution in [0.4, 0.5) is 5.69 Å². The Bertz CT molecular complexity index is 798. The van der Waals surface area contributed by atoms with E-state index in [1.165, 1.54) is 0 Å². The van der Waals surface area contributed by atoms with Crippen LogP contribution < -0.4 is 10.1 Å². The predicted molar refractivity (Wildman–Crippen MR) is 111 cm³/mol. The molecule has 1 saturated heterocycles. The van der Waals surface area contributed by atoms with Gasteiger partial charge in [0.25, 0.3) is 0 Å². The maximum Gasteiger partial charge on any atom is 0.228 e. The molecule has 2 aromatic carbocycles. The summed E-state index contributed by atoms with van der Waals surface area (Å²) in [5.74, 6) is 0.683. The Balaban J connectivity index is 1.63. The van der Waals surface area contributed by atoms with E-state index in [0.717, 1.165) is 37.2 Å². The minimum atomic E-state index is -0.0560. The van der Waals surface area contributed by atoms with Gasteiger partial charge in [0.1, 0.15) is 5.75 Å². The molecule has 4 nitrogen and oxygen atoms in total. The number of halogens is 2. The monoisotopic (exact) mass is 406 g/mol. The standard InChI is InChI=1S/C21H24Cl2N2O2/c1-2-27-20-8-4-3-7-19(20)24-21(26)16-6-5-11-25(14-16)13-15-9-10-17(22)12-18(15)23/h3-4,7-10,12,16H,2,5-6,11,13-14H2,1H3,(H,24,26)/t16-/m1/s1. The lowest BCUT2D eigenvalue weighted by Gasteiger charge is -2.32. The average Bonchev–Trinajstić information content (AvgIpc) is 2.66. The number of hydrogen-bond acceptors (Lipinski definition) is 3. The van der Waals surface area contributed by atoms with Crippen LogP contribution >= 0.6 is 23.2 Å². The summed E-state index contributed by atoms with van der Waals surface area (Å²) < 4.78 is 5.60. The van der Waals surface area contributed by atoms with Gasteiger partial charge in [-0.1, -0.05) is 41.4 Å². The SMILES string of the molecule is CCOc1ccccc1NC(=O)[C@@H]1CCCN(Cc2ccc(Cl)cc2Cl)C1. The van der Waals surface area contributed by atoms with Crippen LogP contribution in [0.3, 0.4) is 0 Å². The third-order valence-electron chi connectivity index (χ3n) is 4.73. The van der Waals surface area contributed by atoms with Crippen molar-refractivity contribution in [3.63, 3.8) is 0 Å². The summed E-state index contributed by atoms with van der Waals surface area (Å²) in [4.78, 5) is 15.1. The number of para-hydroxylation sites is 2. The first-order valence-corrected chi connectivity index (χ1v) is 10.0.